The van der Waals surface area contributed by atoms with Crippen LogP contribution in [0.4, 0.5) is 0 Å². The summed E-state index contributed by atoms with van der Waals surface area (Å²) in [6.45, 7) is 11.4. The fourth-order valence-electron chi connectivity index (χ4n) is 3.55. The van der Waals surface area contributed by atoms with Gasteiger partial charge in [0.25, 0.3) is 0 Å². The standard InChI is InChI=1S/C20H40N4O3.HI/c1-3-21-20(22-9-5-13-26-17-19-6-4-14-27-19)23-16-18-7-10-24(11-8-18)12-15-25-2;/h18-19H,3-17H2,1-2H3,(H2,21,22,23);1H. The van der Waals surface area contributed by atoms with Gasteiger partial charge in [-0.1, -0.05) is 0 Å². The van der Waals surface area contributed by atoms with E-state index >= 15 is 0 Å². The van der Waals surface area contributed by atoms with Crippen molar-refractivity contribution in [2.45, 2.75) is 45.1 Å². The molecule has 2 aliphatic heterocycles. The minimum absolute atomic E-state index is 0. The molecular formula is C20H41IN4O3. The number of aliphatic imine (C=N–C) groups is 1. The summed E-state index contributed by atoms with van der Waals surface area (Å²) >= 11 is 0. The molecule has 2 saturated heterocycles. The third-order valence-electron chi connectivity index (χ3n) is 5.26. The number of likely N-dealkylation sites (tertiary alicyclic amines) is 1. The maximum absolute atomic E-state index is 5.71. The van der Waals surface area contributed by atoms with Gasteiger partial charge < -0.3 is 29.7 Å². The van der Waals surface area contributed by atoms with Crippen LogP contribution in [0.2, 0.25) is 0 Å². The molecule has 2 fully saturated rings. The van der Waals surface area contributed by atoms with Crippen LogP contribution in [0.25, 0.3) is 0 Å². The Morgan fingerprint density at radius 2 is 2.00 bits per heavy atom. The minimum atomic E-state index is 0. The van der Waals surface area contributed by atoms with Crippen LogP contribution >= 0.6 is 24.0 Å². The Morgan fingerprint density at radius 3 is 2.68 bits per heavy atom. The first-order chi connectivity index (χ1) is 13.3. The number of nitrogens with zero attached hydrogens (tertiary/aromatic N) is 2. The van der Waals surface area contributed by atoms with Crippen molar-refractivity contribution in [2.75, 3.05) is 72.8 Å². The molecule has 0 radical (unpaired) electrons. The molecular weight excluding hydrogens is 471 g/mol. The van der Waals surface area contributed by atoms with E-state index in [-0.39, 0.29) is 24.0 Å². The lowest BCUT2D eigenvalue weighted by Gasteiger charge is -2.31. The largest absolute Gasteiger partial charge is 0.383 e. The van der Waals surface area contributed by atoms with Crippen LogP contribution in [0.15, 0.2) is 4.99 Å². The van der Waals surface area contributed by atoms with Crippen LogP contribution in [-0.2, 0) is 14.2 Å². The van der Waals surface area contributed by atoms with Gasteiger partial charge >= 0.3 is 0 Å². The predicted molar refractivity (Wildman–Crippen MR) is 125 cm³/mol. The number of hydrogen-bond donors (Lipinski definition) is 2. The van der Waals surface area contributed by atoms with Gasteiger partial charge in [0, 0.05) is 46.5 Å². The molecule has 2 rings (SSSR count). The molecule has 2 aliphatic rings. The van der Waals surface area contributed by atoms with Crippen molar-refractivity contribution in [3.63, 3.8) is 0 Å². The van der Waals surface area contributed by atoms with Crippen molar-refractivity contribution in [3.05, 3.63) is 0 Å². The van der Waals surface area contributed by atoms with Gasteiger partial charge in [-0.05, 0) is 58.0 Å². The molecule has 1 unspecified atom stereocenters. The van der Waals surface area contributed by atoms with Crippen LogP contribution < -0.4 is 10.6 Å². The molecule has 0 spiro atoms. The molecule has 0 aromatic heterocycles. The van der Waals surface area contributed by atoms with Crippen LogP contribution in [0.3, 0.4) is 0 Å². The molecule has 28 heavy (non-hydrogen) atoms. The molecule has 166 valence electrons. The van der Waals surface area contributed by atoms with E-state index in [2.05, 4.69) is 22.5 Å². The maximum atomic E-state index is 5.71. The molecule has 0 aliphatic carbocycles. The average molecular weight is 512 g/mol. The van der Waals surface area contributed by atoms with Gasteiger partial charge in [-0.2, -0.15) is 0 Å². The summed E-state index contributed by atoms with van der Waals surface area (Å²) in [5.41, 5.74) is 0. The first-order valence-electron chi connectivity index (χ1n) is 10.7. The van der Waals surface area contributed by atoms with Gasteiger partial charge in [0.1, 0.15) is 0 Å². The molecule has 8 heteroatoms. The summed E-state index contributed by atoms with van der Waals surface area (Å²) in [7, 11) is 1.77. The van der Waals surface area contributed by atoms with Gasteiger partial charge in [0.15, 0.2) is 5.96 Å². The van der Waals surface area contributed by atoms with Crippen molar-refractivity contribution in [1.29, 1.82) is 0 Å². The zero-order valence-corrected chi connectivity index (χ0v) is 20.1. The highest BCUT2D eigenvalue weighted by atomic mass is 127. The smallest absolute Gasteiger partial charge is 0.191 e. The lowest BCUT2D eigenvalue weighted by molar-refractivity contribution is 0.0168. The fourth-order valence-corrected chi connectivity index (χ4v) is 3.55. The van der Waals surface area contributed by atoms with Gasteiger partial charge in [0.05, 0.1) is 19.3 Å². The van der Waals surface area contributed by atoms with Gasteiger partial charge in [-0.25, -0.2) is 0 Å². The summed E-state index contributed by atoms with van der Waals surface area (Å²) in [6, 6.07) is 0. The van der Waals surface area contributed by atoms with Crippen LogP contribution in [-0.4, -0.2) is 89.8 Å². The molecule has 0 bridgehead atoms. The summed E-state index contributed by atoms with van der Waals surface area (Å²) < 4.78 is 16.4. The van der Waals surface area contributed by atoms with E-state index in [4.69, 9.17) is 19.2 Å². The molecule has 7 nitrogen and oxygen atoms in total. The monoisotopic (exact) mass is 512 g/mol. The third-order valence-corrected chi connectivity index (χ3v) is 5.26. The van der Waals surface area contributed by atoms with Crippen molar-refractivity contribution < 1.29 is 14.2 Å². The molecule has 1 atom stereocenters. The highest BCUT2D eigenvalue weighted by molar-refractivity contribution is 14.0. The van der Waals surface area contributed by atoms with Crippen molar-refractivity contribution in [2.24, 2.45) is 10.9 Å². The topological polar surface area (TPSA) is 67.4 Å². The lowest BCUT2D eigenvalue weighted by Crippen LogP contribution is -2.39. The number of piperidine rings is 1. The first kappa shape index (κ1) is 25.9. The van der Waals surface area contributed by atoms with E-state index in [0.717, 1.165) is 84.5 Å². The van der Waals surface area contributed by atoms with Gasteiger partial charge in [0.2, 0.25) is 0 Å². The van der Waals surface area contributed by atoms with Gasteiger partial charge in [-0.3, -0.25) is 4.99 Å². The molecule has 0 aromatic rings. The average Bonchev–Trinajstić information content (AvgIpc) is 3.21. The Morgan fingerprint density at radius 1 is 1.18 bits per heavy atom. The Bertz CT molecular complexity index is 401. The lowest BCUT2D eigenvalue weighted by atomic mass is 9.97. The Hall–Kier alpha value is -0.160. The second-order valence-electron chi connectivity index (χ2n) is 7.49. The van der Waals surface area contributed by atoms with Crippen LogP contribution in [0.1, 0.15) is 39.0 Å². The Labute approximate surface area is 188 Å². The summed E-state index contributed by atoms with van der Waals surface area (Å²) in [5, 5.41) is 6.77. The number of halogens is 1. The second-order valence-corrected chi connectivity index (χ2v) is 7.49. The van der Waals surface area contributed by atoms with Crippen molar-refractivity contribution in [3.8, 4) is 0 Å². The van der Waals surface area contributed by atoms with E-state index in [1.165, 1.54) is 19.3 Å². The first-order valence-corrected chi connectivity index (χ1v) is 10.7. The van der Waals surface area contributed by atoms with Crippen LogP contribution in [0, 0.1) is 5.92 Å². The molecule has 0 saturated carbocycles. The maximum Gasteiger partial charge on any atom is 0.191 e. The number of nitrogens with one attached hydrogen (secondary N) is 2. The highest BCUT2D eigenvalue weighted by Crippen LogP contribution is 2.17. The molecule has 0 amide bonds. The highest BCUT2D eigenvalue weighted by Gasteiger charge is 2.18. The summed E-state index contributed by atoms with van der Waals surface area (Å²) in [5.74, 6) is 1.62. The normalized spacial score (nSPS) is 21.5. The summed E-state index contributed by atoms with van der Waals surface area (Å²) in [4.78, 5) is 7.29. The molecule has 0 aromatic carbocycles. The second kappa shape index (κ2) is 16.6. The minimum Gasteiger partial charge on any atom is -0.383 e. The number of guanidine groups is 1. The van der Waals surface area contributed by atoms with E-state index in [1.54, 1.807) is 7.11 Å². The van der Waals surface area contributed by atoms with Crippen LogP contribution in [0.5, 0.6) is 0 Å². The summed E-state index contributed by atoms with van der Waals surface area (Å²) in [6.07, 6.45) is 6.06. The number of rotatable bonds is 12. The van der Waals surface area contributed by atoms with Gasteiger partial charge in [-0.15, -0.1) is 24.0 Å². The Balaban J connectivity index is 0.00000392. The number of ether oxygens (including phenoxy) is 3. The van der Waals surface area contributed by atoms with Crippen molar-refractivity contribution in [1.82, 2.24) is 15.5 Å². The fraction of sp³-hybridized carbons (Fsp3) is 0.950. The van der Waals surface area contributed by atoms with E-state index in [1.807, 2.05) is 0 Å². The Kier molecular flexibility index (Phi) is 15.4. The van der Waals surface area contributed by atoms with Crippen molar-refractivity contribution >= 4 is 29.9 Å². The molecule has 2 heterocycles. The zero-order chi connectivity index (χ0) is 19.2. The number of hydrogen-bond acceptors (Lipinski definition) is 5. The van der Waals surface area contributed by atoms with E-state index in [9.17, 15) is 0 Å². The molecule has 2 N–H and O–H groups in total. The third kappa shape index (κ3) is 11.1. The SMILES string of the molecule is CCNC(=NCC1CCN(CCOC)CC1)NCCCOCC1CCCO1.I. The van der Waals surface area contributed by atoms with E-state index in [0.29, 0.717) is 12.0 Å². The predicted octanol–water partition coefficient (Wildman–Crippen LogP) is 2.10. The van der Waals surface area contributed by atoms with E-state index < -0.39 is 0 Å². The number of methoxy groups -OCH3 is 1. The quantitative estimate of drug-likeness (QED) is 0.181. The zero-order valence-electron chi connectivity index (χ0n) is 17.8.